The Balaban J connectivity index is 1.60. The third kappa shape index (κ3) is 3.45. The fourth-order valence-corrected chi connectivity index (χ4v) is 3.73. The van der Waals surface area contributed by atoms with Gasteiger partial charge in [-0.05, 0) is 42.1 Å². The molecule has 0 radical (unpaired) electrons. The van der Waals surface area contributed by atoms with Crippen LogP contribution in [-0.2, 0) is 6.54 Å². The number of hydrogen-bond acceptors (Lipinski definition) is 8. The van der Waals surface area contributed by atoms with Crippen LogP contribution in [0.1, 0.15) is 5.76 Å². The highest BCUT2D eigenvalue weighted by Gasteiger charge is 2.19. The molecule has 5 rings (SSSR count). The first-order valence-electron chi connectivity index (χ1n) is 8.58. The standard InChI is InChI=1S/C19H12FN7OS/c20-12-3-4-15-14(8-12)18(24-11-23-15)29-19-26-25-17(16-9-21-5-6-22-16)27(19)10-13-2-1-7-28-13/h1-9,11H,10H2. The lowest BCUT2D eigenvalue weighted by Crippen LogP contribution is -2.04. The Hall–Kier alpha value is -3.66. The Bertz CT molecular complexity index is 1270. The van der Waals surface area contributed by atoms with Crippen molar-refractivity contribution in [2.45, 2.75) is 16.7 Å². The van der Waals surface area contributed by atoms with Gasteiger partial charge in [-0.3, -0.25) is 9.55 Å². The highest BCUT2D eigenvalue weighted by molar-refractivity contribution is 7.99. The molecule has 0 N–H and O–H groups in total. The minimum Gasteiger partial charge on any atom is -0.467 e. The maximum Gasteiger partial charge on any atom is 0.198 e. The largest absolute Gasteiger partial charge is 0.467 e. The van der Waals surface area contributed by atoms with Crippen LogP contribution < -0.4 is 0 Å². The molecule has 8 nitrogen and oxygen atoms in total. The van der Waals surface area contributed by atoms with Gasteiger partial charge in [0.05, 0.1) is 24.5 Å². The topological polar surface area (TPSA) is 95.4 Å². The number of halogens is 1. The molecule has 0 bridgehead atoms. The van der Waals surface area contributed by atoms with Gasteiger partial charge in [0.1, 0.15) is 28.6 Å². The van der Waals surface area contributed by atoms with Crippen molar-refractivity contribution >= 4 is 22.7 Å². The predicted molar refractivity (Wildman–Crippen MR) is 102 cm³/mol. The zero-order chi connectivity index (χ0) is 19.6. The summed E-state index contributed by atoms with van der Waals surface area (Å²) in [5, 5.41) is 10.3. The minimum absolute atomic E-state index is 0.355. The van der Waals surface area contributed by atoms with Gasteiger partial charge in [-0.1, -0.05) is 0 Å². The second kappa shape index (κ2) is 7.40. The molecule has 4 aromatic heterocycles. The van der Waals surface area contributed by atoms with Gasteiger partial charge < -0.3 is 4.42 Å². The Kier molecular flexibility index (Phi) is 4.45. The van der Waals surface area contributed by atoms with Crippen molar-refractivity contribution in [1.29, 1.82) is 0 Å². The molecule has 0 unspecified atom stereocenters. The van der Waals surface area contributed by atoms with Crippen molar-refractivity contribution in [1.82, 2.24) is 34.7 Å². The molecule has 0 aliphatic rings. The fraction of sp³-hybridized carbons (Fsp3) is 0.0526. The molecule has 0 atom stereocenters. The summed E-state index contributed by atoms with van der Waals surface area (Å²) in [6, 6.07) is 8.08. The summed E-state index contributed by atoms with van der Waals surface area (Å²) in [7, 11) is 0. The minimum atomic E-state index is -0.355. The van der Waals surface area contributed by atoms with Crippen molar-refractivity contribution < 1.29 is 8.81 Å². The Labute approximate surface area is 167 Å². The SMILES string of the molecule is Fc1ccc2ncnc(Sc3nnc(-c4cnccn4)n3Cc3ccco3)c2c1. The van der Waals surface area contributed by atoms with E-state index in [0.717, 1.165) is 5.76 Å². The van der Waals surface area contributed by atoms with E-state index < -0.39 is 0 Å². The van der Waals surface area contributed by atoms with E-state index >= 15 is 0 Å². The summed E-state index contributed by atoms with van der Waals surface area (Å²) in [5.41, 5.74) is 1.23. The molecule has 0 fully saturated rings. The van der Waals surface area contributed by atoms with Gasteiger partial charge in [-0.25, -0.2) is 19.3 Å². The molecule has 0 aliphatic carbocycles. The number of aromatic nitrogens is 7. The molecule has 142 valence electrons. The number of rotatable bonds is 5. The number of furan rings is 1. The summed E-state index contributed by atoms with van der Waals surface area (Å²) >= 11 is 1.27. The highest BCUT2D eigenvalue weighted by Crippen LogP contribution is 2.32. The Morgan fingerprint density at radius 2 is 2.03 bits per heavy atom. The zero-order valence-electron chi connectivity index (χ0n) is 14.8. The Morgan fingerprint density at radius 3 is 2.86 bits per heavy atom. The zero-order valence-corrected chi connectivity index (χ0v) is 15.6. The van der Waals surface area contributed by atoms with E-state index in [-0.39, 0.29) is 5.82 Å². The van der Waals surface area contributed by atoms with Crippen molar-refractivity contribution in [3.05, 3.63) is 73.1 Å². The first-order chi connectivity index (χ1) is 14.3. The number of benzene rings is 1. The molecule has 1 aromatic carbocycles. The van der Waals surface area contributed by atoms with Gasteiger partial charge in [-0.15, -0.1) is 10.2 Å². The van der Waals surface area contributed by atoms with E-state index in [4.69, 9.17) is 4.42 Å². The number of nitrogens with zero attached hydrogens (tertiary/aromatic N) is 7. The second-order valence-corrected chi connectivity index (χ2v) is 6.96. The van der Waals surface area contributed by atoms with Crippen molar-refractivity contribution in [3.8, 4) is 11.5 Å². The average Bonchev–Trinajstić information content (AvgIpc) is 3.40. The van der Waals surface area contributed by atoms with E-state index in [1.54, 1.807) is 30.9 Å². The first-order valence-corrected chi connectivity index (χ1v) is 9.39. The molecule has 0 spiro atoms. The summed E-state index contributed by atoms with van der Waals surface area (Å²) in [4.78, 5) is 16.9. The molecule has 0 saturated carbocycles. The van der Waals surface area contributed by atoms with Crippen molar-refractivity contribution in [2.75, 3.05) is 0 Å². The monoisotopic (exact) mass is 405 g/mol. The fourth-order valence-electron chi connectivity index (χ4n) is 2.84. The van der Waals surface area contributed by atoms with Crippen molar-refractivity contribution in [2.24, 2.45) is 0 Å². The van der Waals surface area contributed by atoms with Crippen LogP contribution in [0.4, 0.5) is 4.39 Å². The first kappa shape index (κ1) is 17.4. The van der Waals surface area contributed by atoms with Gasteiger partial charge in [0.25, 0.3) is 0 Å². The van der Waals surface area contributed by atoms with Gasteiger partial charge in [0.15, 0.2) is 11.0 Å². The third-order valence-corrected chi connectivity index (χ3v) is 5.16. The predicted octanol–water partition coefficient (Wildman–Crippen LogP) is 3.61. The van der Waals surface area contributed by atoms with Gasteiger partial charge in [0.2, 0.25) is 0 Å². The molecular formula is C19H12FN7OS. The van der Waals surface area contributed by atoms with Crippen LogP contribution in [0.15, 0.2) is 76.1 Å². The van der Waals surface area contributed by atoms with Crippen LogP contribution in [0, 0.1) is 5.82 Å². The average molecular weight is 405 g/mol. The van der Waals surface area contributed by atoms with Crippen LogP contribution in [0.2, 0.25) is 0 Å². The molecule has 5 aromatic rings. The van der Waals surface area contributed by atoms with Gasteiger partial charge >= 0.3 is 0 Å². The van der Waals surface area contributed by atoms with Gasteiger partial charge in [0, 0.05) is 17.8 Å². The van der Waals surface area contributed by atoms with E-state index in [1.807, 2.05) is 16.7 Å². The molecule has 10 heteroatoms. The lowest BCUT2D eigenvalue weighted by atomic mass is 10.2. The van der Waals surface area contributed by atoms with Crippen LogP contribution in [0.25, 0.3) is 22.4 Å². The normalized spacial score (nSPS) is 11.2. The number of fused-ring (bicyclic) bond motifs is 1. The molecule has 4 heterocycles. The summed E-state index contributed by atoms with van der Waals surface area (Å²) in [5.74, 6) is 0.920. The maximum atomic E-state index is 13.8. The third-order valence-electron chi connectivity index (χ3n) is 4.15. The van der Waals surface area contributed by atoms with Crippen LogP contribution >= 0.6 is 11.8 Å². The number of hydrogen-bond donors (Lipinski definition) is 0. The van der Waals surface area contributed by atoms with E-state index in [2.05, 4.69) is 30.1 Å². The van der Waals surface area contributed by atoms with Crippen molar-refractivity contribution in [3.63, 3.8) is 0 Å². The highest BCUT2D eigenvalue weighted by atomic mass is 32.2. The summed E-state index contributed by atoms with van der Waals surface area (Å²) in [6.45, 7) is 0.394. The maximum absolute atomic E-state index is 13.8. The lowest BCUT2D eigenvalue weighted by Gasteiger charge is -2.09. The van der Waals surface area contributed by atoms with Crippen LogP contribution in [0.3, 0.4) is 0 Å². The van der Waals surface area contributed by atoms with Gasteiger partial charge in [-0.2, -0.15) is 0 Å². The second-order valence-electron chi connectivity index (χ2n) is 6.00. The lowest BCUT2D eigenvalue weighted by molar-refractivity contribution is 0.485. The molecule has 0 saturated heterocycles. The molecule has 0 amide bonds. The summed E-state index contributed by atoms with van der Waals surface area (Å²) < 4.78 is 21.1. The van der Waals surface area contributed by atoms with Crippen LogP contribution in [0.5, 0.6) is 0 Å². The van der Waals surface area contributed by atoms with E-state index in [9.17, 15) is 4.39 Å². The van der Waals surface area contributed by atoms with E-state index in [1.165, 1.54) is 30.2 Å². The molecule has 0 aliphatic heterocycles. The smallest absolute Gasteiger partial charge is 0.198 e. The molecule has 29 heavy (non-hydrogen) atoms. The van der Waals surface area contributed by atoms with E-state index in [0.29, 0.717) is 39.1 Å². The Morgan fingerprint density at radius 1 is 1.07 bits per heavy atom. The summed E-state index contributed by atoms with van der Waals surface area (Å²) in [6.07, 6.45) is 7.85. The van der Waals surface area contributed by atoms with Crippen LogP contribution in [-0.4, -0.2) is 34.7 Å². The quantitative estimate of drug-likeness (QED) is 0.409. The molecular weight excluding hydrogens is 393 g/mol.